The Morgan fingerprint density at radius 1 is 0.362 bits per heavy atom. The maximum atomic E-state index is 12.3. The average Bonchev–Trinajstić information content (AvgIpc) is 3.20. The zero-order valence-electron chi connectivity index (χ0n) is 40.4. The first kappa shape index (κ1) is 56.9. The lowest BCUT2D eigenvalue weighted by molar-refractivity contribution is -0.144. The molecule has 0 saturated heterocycles. The fourth-order valence-electron chi connectivity index (χ4n) is 8.55. The maximum absolute atomic E-state index is 12.3. The molecule has 0 heterocycles. The van der Waals surface area contributed by atoms with Gasteiger partial charge in [-0.2, -0.15) is 0 Å². The van der Waals surface area contributed by atoms with E-state index >= 15 is 0 Å². The molecule has 6 heteroatoms. The molecule has 0 fully saturated rings. The predicted molar refractivity (Wildman–Crippen MR) is 253 cm³/mol. The van der Waals surface area contributed by atoms with Crippen molar-refractivity contribution in [3.05, 3.63) is 0 Å². The van der Waals surface area contributed by atoms with E-state index in [1.807, 2.05) is 0 Å². The molecule has 0 spiro atoms. The summed E-state index contributed by atoms with van der Waals surface area (Å²) in [4.78, 5) is 29.6. The number of unbranched alkanes of at least 4 members (excludes halogenated alkanes) is 19. The highest BCUT2D eigenvalue weighted by molar-refractivity contribution is 5.69. The number of esters is 2. The maximum Gasteiger partial charge on any atom is 0.305 e. The van der Waals surface area contributed by atoms with Gasteiger partial charge < -0.3 is 19.3 Å². The number of rotatable bonds is 47. The Kier molecular flexibility index (Phi) is 44.5. The molecule has 346 valence electrons. The molecule has 0 radical (unpaired) electrons. The molecule has 0 unspecified atom stereocenters. The molecule has 0 aliphatic rings. The summed E-state index contributed by atoms with van der Waals surface area (Å²) in [6.45, 7) is 15.1. The molecule has 0 saturated carbocycles. The van der Waals surface area contributed by atoms with E-state index in [0.717, 1.165) is 56.9 Å². The van der Waals surface area contributed by atoms with Crippen LogP contribution >= 0.6 is 0 Å². The van der Waals surface area contributed by atoms with Crippen molar-refractivity contribution in [2.24, 2.45) is 11.8 Å². The highest BCUT2D eigenvalue weighted by Gasteiger charge is 2.11. The van der Waals surface area contributed by atoms with Gasteiger partial charge in [-0.3, -0.25) is 9.59 Å². The lowest BCUT2D eigenvalue weighted by Gasteiger charge is -2.23. The minimum Gasteiger partial charge on any atom is -0.466 e. The van der Waals surface area contributed by atoms with Gasteiger partial charge in [-0.25, -0.2) is 0 Å². The second-order valence-electron chi connectivity index (χ2n) is 18.5. The minimum atomic E-state index is 0.00588. The quantitative estimate of drug-likeness (QED) is 0.0450. The summed E-state index contributed by atoms with van der Waals surface area (Å²) in [5.74, 6) is 1.75. The van der Waals surface area contributed by atoms with Crippen LogP contribution in [-0.2, 0) is 19.1 Å². The van der Waals surface area contributed by atoms with Gasteiger partial charge in [-0.05, 0) is 116 Å². The molecule has 0 aromatic carbocycles. The monoisotopic (exact) mass is 821 g/mol. The number of carbonyl (C=O) groups is 2. The van der Waals surface area contributed by atoms with E-state index in [0.29, 0.717) is 26.1 Å². The Labute approximate surface area is 363 Å². The largest absolute Gasteiger partial charge is 0.466 e. The molecule has 0 aromatic heterocycles. The summed E-state index contributed by atoms with van der Waals surface area (Å²) in [6.07, 6.45) is 44.0. The molecule has 6 nitrogen and oxygen atoms in total. The number of hydrogen-bond donors (Lipinski definition) is 0. The van der Waals surface area contributed by atoms with Gasteiger partial charge in [0, 0.05) is 12.8 Å². The van der Waals surface area contributed by atoms with Crippen molar-refractivity contribution >= 4 is 11.9 Å². The van der Waals surface area contributed by atoms with Gasteiger partial charge >= 0.3 is 11.9 Å². The second kappa shape index (κ2) is 45.4. The third kappa shape index (κ3) is 41.6. The van der Waals surface area contributed by atoms with E-state index in [1.165, 1.54) is 199 Å². The van der Waals surface area contributed by atoms with Gasteiger partial charge in [0.05, 0.1) is 13.2 Å². The van der Waals surface area contributed by atoms with E-state index in [-0.39, 0.29) is 11.9 Å². The molecule has 0 rings (SSSR count). The molecular formula is C52H104N2O4. The predicted octanol–water partition coefficient (Wildman–Crippen LogP) is 15.3. The van der Waals surface area contributed by atoms with Crippen LogP contribution in [0.3, 0.4) is 0 Å². The fourth-order valence-corrected chi connectivity index (χ4v) is 8.55. The first-order valence-corrected chi connectivity index (χ1v) is 26.0. The zero-order chi connectivity index (χ0) is 42.6. The van der Waals surface area contributed by atoms with Crippen LogP contribution in [0.1, 0.15) is 259 Å². The van der Waals surface area contributed by atoms with Crippen LogP contribution in [0.15, 0.2) is 0 Å². The normalized spacial score (nSPS) is 11.8. The number of ether oxygens (including phenoxy) is 2. The first-order chi connectivity index (χ1) is 28.4. The number of carbonyl (C=O) groups excluding carboxylic acids is 2. The smallest absolute Gasteiger partial charge is 0.305 e. The van der Waals surface area contributed by atoms with Crippen molar-refractivity contribution in [1.29, 1.82) is 0 Å². The number of hydrogen-bond acceptors (Lipinski definition) is 6. The van der Waals surface area contributed by atoms with Gasteiger partial charge in [0.15, 0.2) is 0 Å². The summed E-state index contributed by atoms with van der Waals surface area (Å²) in [7, 11) is 4.33. The van der Waals surface area contributed by atoms with Crippen LogP contribution in [0.4, 0.5) is 0 Å². The third-order valence-electron chi connectivity index (χ3n) is 12.4. The van der Waals surface area contributed by atoms with E-state index in [1.54, 1.807) is 0 Å². The second-order valence-corrected chi connectivity index (χ2v) is 18.5. The summed E-state index contributed by atoms with van der Waals surface area (Å²) < 4.78 is 11.2. The molecule has 0 bridgehead atoms. The van der Waals surface area contributed by atoms with E-state index in [9.17, 15) is 9.59 Å². The summed E-state index contributed by atoms with van der Waals surface area (Å²) in [5.41, 5.74) is 0. The van der Waals surface area contributed by atoms with Crippen molar-refractivity contribution in [2.45, 2.75) is 259 Å². The summed E-state index contributed by atoms with van der Waals surface area (Å²) in [6, 6.07) is 0. The minimum absolute atomic E-state index is 0.00588. The highest BCUT2D eigenvalue weighted by Crippen LogP contribution is 2.24. The Morgan fingerprint density at radius 2 is 0.655 bits per heavy atom. The van der Waals surface area contributed by atoms with Crippen LogP contribution < -0.4 is 0 Å². The van der Waals surface area contributed by atoms with Crippen molar-refractivity contribution in [1.82, 2.24) is 9.80 Å². The van der Waals surface area contributed by atoms with Gasteiger partial charge in [-0.1, -0.05) is 182 Å². The lowest BCUT2D eigenvalue weighted by atomic mass is 9.90. The van der Waals surface area contributed by atoms with E-state index < -0.39 is 0 Å². The highest BCUT2D eigenvalue weighted by atomic mass is 16.5. The first-order valence-electron chi connectivity index (χ1n) is 26.0. The van der Waals surface area contributed by atoms with Crippen LogP contribution in [0, 0.1) is 11.8 Å². The zero-order valence-corrected chi connectivity index (χ0v) is 40.4. The Morgan fingerprint density at radius 3 is 1.00 bits per heavy atom. The lowest BCUT2D eigenvalue weighted by Crippen LogP contribution is -2.28. The molecular weight excluding hydrogens is 717 g/mol. The van der Waals surface area contributed by atoms with Gasteiger partial charge in [0.1, 0.15) is 0 Å². The standard InChI is InChI=1S/C52H104N2O4/c1-7-11-21-35-49(36-22-12-8-2)39-27-33-47-57-51(55)41-25-17-15-19-29-44-54(46-32-31-43-53(5)6)45-30-20-16-18-26-42-52(56)58-48-34-28-40-50(37-23-13-9-3)38-24-14-10-4/h49-50H,7-48H2,1-6H3. The SMILES string of the molecule is CCCCCC(CCCCC)CCCCOC(=O)CCCCCCCN(CCCCCCCC(=O)OCCCCC(CCCCC)CCCCC)CCCCN(C)C. The van der Waals surface area contributed by atoms with Crippen LogP contribution in [-0.4, -0.2) is 75.2 Å². The van der Waals surface area contributed by atoms with Crippen molar-refractivity contribution < 1.29 is 19.1 Å². The average molecular weight is 821 g/mol. The van der Waals surface area contributed by atoms with Crippen LogP contribution in [0.2, 0.25) is 0 Å². The summed E-state index contributed by atoms with van der Waals surface area (Å²) in [5, 5.41) is 0. The van der Waals surface area contributed by atoms with Crippen molar-refractivity contribution in [3.63, 3.8) is 0 Å². The van der Waals surface area contributed by atoms with E-state index in [4.69, 9.17) is 9.47 Å². The third-order valence-corrected chi connectivity index (χ3v) is 12.4. The van der Waals surface area contributed by atoms with Gasteiger partial charge in [0.2, 0.25) is 0 Å². The van der Waals surface area contributed by atoms with Crippen molar-refractivity contribution in [3.8, 4) is 0 Å². The molecule has 0 aromatic rings. The molecule has 0 aliphatic carbocycles. The van der Waals surface area contributed by atoms with E-state index in [2.05, 4.69) is 51.6 Å². The number of nitrogens with zero attached hydrogens (tertiary/aromatic N) is 2. The Hall–Kier alpha value is -1.14. The van der Waals surface area contributed by atoms with Crippen LogP contribution in [0.5, 0.6) is 0 Å². The molecule has 0 N–H and O–H groups in total. The Bertz CT molecular complexity index is 771. The topological polar surface area (TPSA) is 59.1 Å². The molecule has 0 amide bonds. The van der Waals surface area contributed by atoms with Gasteiger partial charge in [0.25, 0.3) is 0 Å². The molecule has 0 aliphatic heterocycles. The Balaban J connectivity index is 4.09. The summed E-state index contributed by atoms with van der Waals surface area (Å²) >= 11 is 0. The molecule has 58 heavy (non-hydrogen) atoms. The van der Waals surface area contributed by atoms with Crippen LogP contribution in [0.25, 0.3) is 0 Å². The molecule has 0 atom stereocenters. The van der Waals surface area contributed by atoms with Gasteiger partial charge in [-0.15, -0.1) is 0 Å². The van der Waals surface area contributed by atoms with Crippen molar-refractivity contribution in [2.75, 3.05) is 53.5 Å². The fraction of sp³-hybridized carbons (Fsp3) is 0.962.